The SMILES string of the molecule is C=CC(=O)OCCC(S)CSCC(S)CCOC(=O)C=C. The fourth-order valence-corrected chi connectivity index (χ4v) is 3.07. The maximum absolute atomic E-state index is 10.8. The molecule has 120 valence electrons. The topological polar surface area (TPSA) is 52.6 Å². The van der Waals surface area contributed by atoms with E-state index >= 15 is 0 Å². The summed E-state index contributed by atoms with van der Waals surface area (Å²) in [5.74, 6) is 0.872. The third kappa shape index (κ3) is 12.9. The Hall–Kier alpha value is -0.530. The lowest BCUT2D eigenvalue weighted by Gasteiger charge is -2.13. The van der Waals surface area contributed by atoms with Crippen molar-refractivity contribution in [2.45, 2.75) is 23.3 Å². The maximum Gasteiger partial charge on any atom is 0.330 e. The van der Waals surface area contributed by atoms with Gasteiger partial charge in [-0.25, -0.2) is 9.59 Å². The zero-order valence-corrected chi connectivity index (χ0v) is 14.5. The Kier molecular flexibility index (Phi) is 12.8. The van der Waals surface area contributed by atoms with Crippen molar-refractivity contribution in [2.24, 2.45) is 0 Å². The summed E-state index contributed by atoms with van der Waals surface area (Å²) < 4.78 is 9.78. The Morgan fingerprint density at radius 1 is 0.952 bits per heavy atom. The third-order valence-corrected chi connectivity index (χ3v) is 5.00. The Labute approximate surface area is 141 Å². The van der Waals surface area contributed by atoms with Gasteiger partial charge in [-0.15, -0.1) is 0 Å². The first-order valence-electron chi connectivity index (χ1n) is 6.51. The average molecular weight is 351 g/mol. The molecule has 0 bridgehead atoms. The highest BCUT2D eigenvalue weighted by molar-refractivity contribution is 8.00. The molecular formula is C14H22O4S3. The van der Waals surface area contributed by atoms with Crippen molar-refractivity contribution in [1.82, 2.24) is 0 Å². The van der Waals surface area contributed by atoms with Gasteiger partial charge in [0.2, 0.25) is 0 Å². The summed E-state index contributed by atoms with van der Waals surface area (Å²) >= 11 is 10.6. The van der Waals surface area contributed by atoms with E-state index in [-0.39, 0.29) is 10.5 Å². The number of carbonyl (C=O) groups is 2. The molecule has 0 aromatic carbocycles. The minimum atomic E-state index is -0.410. The summed E-state index contributed by atoms with van der Waals surface area (Å²) in [6, 6.07) is 0. The van der Waals surface area contributed by atoms with Crippen LogP contribution in [0.1, 0.15) is 12.8 Å². The van der Waals surface area contributed by atoms with Gasteiger partial charge in [-0.1, -0.05) is 13.2 Å². The summed E-state index contributed by atoms with van der Waals surface area (Å²) in [5, 5.41) is 0.318. The molecule has 0 aliphatic carbocycles. The smallest absolute Gasteiger partial charge is 0.330 e. The molecule has 0 spiro atoms. The van der Waals surface area contributed by atoms with Crippen LogP contribution in [-0.2, 0) is 19.1 Å². The van der Waals surface area contributed by atoms with Crippen LogP contribution in [0.25, 0.3) is 0 Å². The molecule has 0 aromatic rings. The van der Waals surface area contributed by atoms with Gasteiger partial charge >= 0.3 is 11.9 Å². The quantitative estimate of drug-likeness (QED) is 0.322. The minimum absolute atomic E-state index is 0.159. The first-order chi connectivity index (χ1) is 9.99. The van der Waals surface area contributed by atoms with Crippen molar-refractivity contribution in [3.63, 3.8) is 0 Å². The van der Waals surface area contributed by atoms with Crippen LogP contribution in [0.4, 0.5) is 0 Å². The van der Waals surface area contributed by atoms with Crippen molar-refractivity contribution in [3.05, 3.63) is 25.3 Å². The summed E-state index contributed by atoms with van der Waals surface area (Å²) in [5.41, 5.74) is 0. The lowest BCUT2D eigenvalue weighted by molar-refractivity contribution is -0.138. The van der Waals surface area contributed by atoms with Crippen molar-refractivity contribution in [2.75, 3.05) is 24.7 Å². The molecule has 0 saturated heterocycles. The predicted octanol–water partition coefficient (Wildman–Crippen LogP) is 2.56. The summed E-state index contributed by atoms with van der Waals surface area (Å²) in [6.45, 7) is 7.35. The summed E-state index contributed by atoms with van der Waals surface area (Å²) in [4.78, 5) is 21.7. The number of rotatable bonds is 12. The molecule has 0 amide bonds. The van der Waals surface area contributed by atoms with Gasteiger partial charge in [-0.2, -0.15) is 37.0 Å². The van der Waals surface area contributed by atoms with E-state index in [2.05, 4.69) is 38.4 Å². The molecule has 0 aliphatic rings. The fourth-order valence-electron chi connectivity index (χ4n) is 1.22. The molecule has 7 heteroatoms. The van der Waals surface area contributed by atoms with Crippen LogP contribution in [0, 0.1) is 0 Å². The maximum atomic E-state index is 10.8. The van der Waals surface area contributed by atoms with Crippen molar-refractivity contribution in [3.8, 4) is 0 Å². The second kappa shape index (κ2) is 13.2. The van der Waals surface area contributed by atoms with Crippen LogP contribution in [-0.4, -0.2) is 47.2 Å². The van der Waals surface area contributed by atoms with Gasteiger partial charge in [0.1, 0.15) is 0 Å². The van der Waals surface area contributed by atoms with Crippen molar-refractivity contribution in [1.29, 1.82) is 0 Å². The van der Waals surface area contributed by atoms with Crippen LogP contribution >= 0.6 is 37.0 Å². The van der Waals surface area contributed by atoms with E-state index in [9.17, 15) is 9.59 Å². The molecule has 0 aromatic heterocycles. The lowest BCUT2D eigenvalue weighted by atomic mass is 10.3. The highest BCUT2D eigenvalue weighted by Crippen LogP contribution is 2.16. The second-order valence-corrected chi connectivity index (χ2v) is 6.70. The van der Waals surface area contributed by atoms with E-state index in [1.807, 2.05) is 0 Å². The molecule has 0 aliphatic heterocycles. The molecule has 4 nitrogen and oxygen atoms in total. The monoisotopic (exact) mass is 350 g/mol. The van der Waals surface area contributed by atoms with Crippen LogP contribution in [0.15, 0.2) is 25.3 Å². The van der Waals surface area contributed by atoms with Crippen LogP contribution < -0.4 is 0 Å². The van der Waals surface area contributed by atoms with Crippen LogP contribution in [0.2, 0.25) is 0 Å². The van der Waals surface area contributed by atoms with Crippen LogP contribution in [0.3, 0.4) is 0 Å². The van der Waals surface area contributed by atoms with Gasteiger partial charge in [0, 0.05) is 34.2 Å². The standard InChI is InChI=1S/C14H22O4S3/c1-3-13(15)17-7-5-11(19)9-21-10-12(20)6-8-18-14(16)4-2/h3-4,11-12,19-20H,1-2,5-10H2. The van der Waals surface area contributed by atoms with Crippen LogP contribution in [0.5, 0.6) is 0 Å². The summed E-state index contributed by atoms with van der Waals surface area (Å²) in [6.07, 6.45) is 3.69. The van der Waals surface area contributed by atoms with Crippen molar-refractivity contribution >= 4 is 49.0 Å². The highest BCUT2D eigenvalue weighted by atomic mass is 32.2. The Bertz CT molecular complexity index is 315. The highest BCUT2D eigenvalue weighted by Gasteiger charge is 2.08. The Morgan fingerprint density at radius 3 is 1.67 bits per heavy atom. The number of carbonyl (C=O) groups excluding carboxylic acids is 2. The third-order valence-electron chi connectivity index (χ3n) is 2.34. The van der Waals surface area contributed by atoms with Crippen molar-refractivity contribution < 1.29 is 19.1 Å². The molecular weight excluding hydrogens is 328 g/mol. The lowest BCUT2D eigenvalue weighted by Crippen LogP contribution is -2.13. The average Bonchev–Trinajstić information content (AvgIpc) is 2.46. The zero-order chi connectivity index (χ0) is 16.1. The number of thioether (sulfide) groups is 1. The zero-order valence-electron chi connectivity index (χ0n) is 11.9. The van der Waals surface area contributed by atoms with E-state index in [1.54, 1.807) is 11.8 Å². The molecule has 21 heavy (non-hydrogen) atoms. The number of thiol groups is 2. The van der Waals surface area contributed by atoms with Gasteiger partial charge < -0.3 is 9.47 Å². The Morgan fingerprint density at radius 2 is 1.33 bits per heavy atom. The van der Waals surface area contributed by atoms with Gasteiger partial charge in [0.05, 0.1) is 13.2 Å². The van der Waals surface area contributed by atoms with Gasteiger partial charge in [-0.3, -0.25) is 0 Å². The van der Waals surface area contributed by atoms with Gasteiger partial charge in [-0.05, 0) is 12.8 Å². The second-order valence-electron chi connectivity index (χ2n) is 4.17. The normalized spacial score (nSPS) is 13.0. The van der Waals surface area contributed by atoms with E-state index in [1.165, 1.54) is 0 Å². The van der Waals surface area contributed by atoms with Gasteiger partial charge in [0.25, 0.3) is 0 Å². The molecule has 2 atom stereocenters. The number of hydrogen-bond donors (Lipinski definition) is 2. The molecule has 0 fully saturated rings. The summed E-state index contributed by atoms with van der Waals surface area (Å²) in [7, 11) is 0. The van der Waals surface area contributed by atoms with Gasteiger partial charge in [0.15, 0.2) is 0 Å². The predicted molar refractivity (Wildman–Crippen MR) is 94.4 cm³/mol. The first kappa shape index (κ1) is 20.5. The van der Waals surface area contributed by atoms with E-state index in [0.717, 1.165) is 23.7 Å². The number of hydrogen-bond acceptors (Lipinski definition) is 7. The number of esters is 2. The minimum Gasteiger partial charge on any atom is -0.463 e. The fraction of sp³-hybridized carbons (Fsp3) is 0.571. The molecule has 2 unspecified atom stereocenters. The Balaban J connectivity index is 3.54. The largest absolute Gasteiger partial charge is 0.463 e. The molecule has 0 radical (unpaired) electrons. The van der Waals surface area contributed by atoms with E-state index < -0.39 is 11.9 Å². The first-order valence-corrected chi connectivity index (χ1v) is 8.70. The molecule has 0 saturated carbocycles. The number of ether oxygens (including phenoxy) is 2. The molecule has 0 rings (SSSR count). The van der Waals surface area contributed by atoms with E-state index in [0.29, 0.717) is 26.1 Å². The molecule has 0 N–H and O–H groups in total. The van der Waals surface area contributed by atoms with E-state index in [4.69, 9.17) is 9.47 Å². The molecule has 0 heterocycles.